The van der Waals surface area contributed by atoms with E-state index in [1.54, 1.807) is 6.08 Å². The minimum absolute atomic E-state index is 0.0202. The molecule has 0 aliphatic carbocycles. The standard InChI is InChI=1S/C86H167NO5/c1-3-5-7-9-11-13-15-17-19-21-22-23-37-40-43-47-50-54-58-62-66-70-74-78-84(89)83(82-88)87-85(90)79-75-71-67-63-59-55-51-48-44-41-38-35-33-31-29-27-25-24-26-28-30-32-34-36-39-42-45-49-53-57-61-65-69-73-77-81-92-86(91)80-76-72-68-64-60-56-52-46-20-18-16-14-12-10-8-6-4-2/h18,20,74,78,83-84,88-89H,3-17,19,21-73,75-77,79-82H2,1-2H3,(H,87,90)/b20-18-,78-74+. The molecule has 0 aromatic heterocycles. The van der Waals surface area contributed by atoms with Crippen LogP contribution in [0.4, 0.5) is 0 Å². The largest absolute Gasteiger partial charge is 0.466 e. The summed E-state index contributed by atoms with van der Waals surface area (Å²) in [5.41, 5.74) is 0. The lowest BCUT2D eigenvalue weighted by Crippen LogP contribution is -2.45. The molecule has 6 nitrogen and oxygen atoms in total. The number of rotatable bonds is 81. The highest BCUT2D eigenvalue weighted by Gasteiger charge is 2.18. The fraction of sp³-hybridized carbons (Fsp3) is 0.930. The van der Waals surface area contributed by atoms with Crippen molar-refractivity contribution < 1.29 is 24.5 Å². The van der Waals surface area contributed by atoms with Crippen molar-refractivity contribution in [3.05, 3.63) is 24.3 Å². The van der Waals surface area contributed by atoms with Crippen LogP contribution in [0.2, 0.25) is 0 Å². The van der Waals surface area contributed by atoms with E-state index in [-0.39, 0.29) is 18.5 Å². The Morgan fingerprint density at radius 2 is 0.511 bits per heavy atom. The normalized spacial score (nSPS) is 12.5. The van der Waals surface area contributed by atoms with Crippen LogP contribution in [0, 0.1) is 0 Å². The Kier molecular flexibility index (Phi) is 80.3. The van der Waals surface area contributed by atoms with Gasteiger partial charge in [-0.15, -0.1) is 0 Å². The molecular formula is C86H167NO5. The lowest BCUT2D eigenvalue weighted by atomic mass is 10.0. The SMILES string of the molecule is CCCCCCCC/C=C\CCCCCCCCCC(=O)OCCCCCCCCCCCCCCCCCCCCCCCCCCCCCCCCCCCCCC(=O)NC(CO)C(O)/C=C/CCCCCCCCCCCCCCCCCCCCCCC. The van der Waals surface area contributed by atoms with E-state index in [1.807, 2.05) is 6.08 Å². The minimum Gasteiger partial charge on any atom is -0.466 e. The minimum atomic E-state index is -0.842. The molecule has 0 saturated carbocycles. The molecule has 2 atom stereocenters. The number of carbonyl (C=O) groups is 2. The van der Waals surface area contributed by atoms with E-state index < -0.39 is 12.1 Å². The first-order valence-electron chi connectivity index (χ1n) is 42.6. The van der Waals surface area contributed by atoms with Gasteiger partial charge in [-0.2, -0.15) is 0 Å². The number of aliphatic hydroxyl groups is 2. The zero-order chi connectivity index (χ0) is 66.3. The summed E-state index contributed by atoms with van der Waals surface area (Å²) in [6, 6.07) is -0.625. The molecule has 92 heavy (non-hydrogen) atoms. The summed E-state index contributed by atoms with van der Waals surface area (Å²) < 4.78 is 5.51. The Balaban J connectivity index is 3.33. The molecule has 0 aliphatic rings. The molecule has 0 bridgehead atoms. The first-order chi connectivity index (χ1) is 45.5. The van der Waals surface area contributed by atoms with Gasteiger partial charge in [-0.05, 0) is 57.8 Å². The maximum absolute atomic E-state index is 12.6. The summed E-state index contributed by atoms with van der Waals surface area (Å²) in [7, 11) is 0. The molecular weight excluding hydrogens is 1130 g/mol. The van der Waals surface area contributed by atoms with Gasteiger partial charge in [0.2, 0.25) is 5.91 Å². The van der Waals surface area contributed by atoms with Gasteiger partial charge in [0.25, 0.3) is 0 Å². The van der Waals surface area contributed by atoms with Crippen molar-refractivity contribution in [1.82, 2.24) is 5.32 Å². The van der Waals surface area contributed by atoms with Crippen molar-refractivity contribution in [3.63, 3.8) is 0 Å². The first-order valence-corrected chi connectivity index (χ1v) is 42.6. The molecule has 3 N–H and O–H groups in total. The van der Waals surface area contributed by atoms with E-state index >= 15 is 0 Å². The number of amides is 1. The van der Waals surface area contributed by atoms with Crippen LogP contribution < -0.4 is 5.32 Å². The summed E-state index contributed by atoms with van der Waals surface area (Å²) in [4.78, 5) is 24.7. The van der Waals surface area contributed by atoms with Crippen molar-refractivity contribution in [3.8, 4) is 0 Å². The third kappa shape index (κ3) is 77.3. The van der Waals surface area contributed by atoms with Crippen LogP contribution in [0.25, 0.3) is 0 Å². The molecule has 0 spiro atoms. The summed E-state index contributed by atoms with van der Waals surface area (Å²) in [6.07, 6.45) is 106. The van der Waals surface area contributed by atoms with Crippen LogP contribution in [-0.2, 0) is 14.3 Å². The van der Waals surface area contributed by atoms with Crippen LogP contribution >= 0.6 is 0 Å². The van der Waals surface area contributed by atoms with Crippen LogP contribution in [0.5, 0.6) is 0 Å². The molecule has 0 saturated heterocycles. The number of esters is 1. The van der Waals surface area contributed by atoms with Crippen molar-refractivity contribution in [2.45, 2.75) is 501 Å². The Hall–Kier alpha value is -1.66. The predicted octanol–water partition coefficient (Wildman–Crippen LogP) is 28.4. The molecule has 0 aromatic rings. The van der Waals surface area contributed by atoms with Gasteiger partial charge in [-0.1, -0.05) is 443 Å². The molecule has 0 radical (unpaired) electrons. The van der Waals surface area contributed by atoms with Gasteiger partial charge in [0, 0.05) is 12.8 Å². The predicted molar refractivity (Wildman–Crippen MR) is 407 cm³/mol. The second-order valence-electron chi connectivity index (χ2n) is 29.5. The van der Waals surface area contributed by atoms with Crippen molar-refractivity contribution in [1.29, 1.82) is 0 Å². The molecule has 0 rings (SSSR count). The molecule has 2 unspecified atom stereocenters. The molecule has 0 heterocycles. The van der Waals surface area contributed by atoms with Crippen LogP contribution in [0.3, 0.4) is 0 Å². The Morgan fingerprint density at radius 3 is 0.772 bits per heavy atom. The van der Waals surface area contributed by atoms with Gasteiger partial charge in [-0.3, -0.25) is 9.59 Å². The number of nitrogens with one attached hydrogen (secondary N) is 1. The summed E-state index contributed by atoms with van der Waals surface area (Å²) in [5, 5.41) is 23.3. The number of hydrogen-bond acceptors (Lipinski definition) is 5. The van der Waals surface area contributed by atoms with Crippen molar-refractivity contribution >= 4 is 11.9 Å². The number of hydrogen-bond donors (Lipinski definition) is 3. The van der Waals surface area contributed by atoms with Crippen LogP contribution in [0.15, 0.2) is 24.3 Å². The third-order valence-corrected chi connectivity index (χ3v) is 20.2. The first kappa shape index (κ1) is 90.3. The van der Waals surface area contributed by atoms with Gasteiger partial charge < -0.3 is 20.3 Å². The molecule has 0 aromatic carbocycles. The Labute approximate surface area is 577 Å². The van der Waals surface area contributed by atoms with Gasteiger partial charge in [0.15, 0.2) is 0 Å². The fourth-order valence-electron chi connectivity index (χ4n) is 13.8. The van der Waals surface area contributed by atoms with E-state index in [9.17, 15) is 19.8 Å². The number of carbonyl (C=O) groups excluding carboxylic acids is 2. The fourth-order valence-corrected chi connectivity index (χ4v) is 13.8. The van der Waals surface area contributed by atoms with Gasteiger partial charge >= 0.3 is 5.97 Å². The lowest BCUT2D eigenvalue weighted by molar-refractivity contribution is -0.143. The maximum atomic E-state index is 12.6. The summed E-state index contributed by atoms with van der Waals surface area (Å²) >= 11 is 0. The number of aliphatic hydroxyl groups excluding tert-OH is 2. The lowest BCUT2D eigenvalue weighted by Gasteiger charge is -2.20. The monoisotopic (exact) mass is 1290 g/mol. The van der Waals surface area contributed by atoms with Crippen molar-refractivity contribution in [2.75, 3.05) is 13.2 Å². The number of allylic oxidation sites excluding steroid dienone is 3. The van der Waals surface area contributed by atoms with Crippen LogP contribution in [-0.4, -0.2) is 47.4 Å². The van der Waals surface area contributed by atoms with E-state index in [0.717, 1.165) is 38.5 Å². The number of unbranched alkanes of at least 4 members (excludes halogenated alkanes) is 68. The van der Waals surface area contributed by atoms with E-state index in [0.29, 0.717) is 19.4 Å². The average Bonchev–Trinajstić information content (AvgIpc) is 3.62. The molecule has 0 aliphatic heterocycles. The highest BCUT2D eigenvalue weighted by atomic mass is 16.5. The maximum Gasteiger partial charge on any atom is 0.305 e. The van der Waals surface area contributed by atoms with Crippen molar-refractivity contribution in [2.24, 2.45) is 0 Å². The zero-order valence-corrected chi connectivity index (χ0v) is 62.8. The molecule has 6 heteroatoms. The second-order valence-corrected chi connectivity index (χ2v) is 29.5. The smallest absolute Gasteiger partial charge is 0.305 e. The summed E-state index contributed by atoms with van der Waals surface area (Å²) in [6.45, 7) is 4.96. The highest BCUT2D eigenvalue weighted by molar-refractivity contribution is 5.76. The zero-order valence-electron chi connectivity index (χ0n) is 62.8. The third-order valence-electron chi connectivity index (χ3n) is 20.2. The van der Waals surface area contributed by atoms with Gasteiger partial charge in [0.1, 0.15) is 0 Å². The molecule has 546 valence electrons. The van der Waals surface area contributed by atoms with Gasteiger partial charge in [-0.25, -0.2) is 0 Å². The van der Waals surface area contributed by atoms with E-state index in [2.05, 4.69) is 31.3 Å². The Bertz CT molecular complexity index is 1450. The molecule has 1 amide bonds. The number of ether oxygens (including phenoxy) is 1. The van der Waals surface area contributed by atoms with Gasteiger partial charge in [0.05, 0.1) is 25.4 Å². The van der Waals surface area contributed by atoms with Crippen LogP contribution in [0.1, 0.15) is 489 Å². The topological polar surface area (TPSA) is 95.9 Å². The average molecular weight is 1300 g/mol. The molecule has 0 fully saturated rings. The quantitative estimate of drug-likeness (QED) is 0.0320. The highest BCUT2D eigenvalue weighted by Crippen LogP contribution is 2.21. The summed E-state index contributed by atoms with van der Waals surface area (Å²) in [5.74, 6) is -0.0369. The van der Waals surface area contributed by atoms with E-state index in [4.69, 9.17) is 4.74 Å². The Morgan fingerprint density at radius 1 is 0.293 bits per heavy atom. The van der Waals surface area contributed by atoms with E-state index in [1.165, 1.54) is 424 Å². The second kappa shape index (κ2) is 81.8.